The zero-order valence-corrected chi connectivity index (χ0v) is 7.67. The number of rotatable bonds is 3. The molecule has 0 amide bonds. The first-order valence-electron chi connectivity index (χ1n) is 4.31. The van der Waals surface area contributed by atoms with Crippen molar-refractivity contribution in [3.63, 3.8) is 0 Å². The largest absolute Gasteiger partial charge is 0.384 e. The fraction of sp³-hybridized carbons (Fsp3) is 1.00. The molecule has 0 bridgehead atoms. The fourth-order valence-electron chi connectivity index (χ4n) is 1.99. The van der Waals surface area contributed by atoms with Crippen LogP contribution in [0.5, 0.6) is 0 Å². The summed E-state index contributed by atoms with van der Waals surface area (Å²) in [7, 11) is 3.57. The molecule has 0 aromatic heterocycles. The minimum atomic E-state index is 0.468. The van der Waals surface area contributed by atoms with Gasteiger partial charge in [-0.05, 0) is 24.7 Å². The van der Waals surface area contributed by atoms with Gasteiger partial charge in [0.25, 0.3) is 0 Å². The lowest BCUT2D eigenvalue weighted by Gasteiger charge is -2.18. The summed E-state index contributed by atoms with van der Waals surface area (Å²) in [5, 5.41) is 0. The SMILES string of the molecule is COCC1CCC(OC)C1C. The first-order chi connectivity index (χ1) is 5.29. The molecule has 0 spiro atoms. The van der Waals surface area contributed by atoms with Crippen molar-refractivity contribution in [2.24, 2.45) is 11.8 Å². The smallest absolute Gasteiger partial charge is 0.0600 e. The van der Waals surface area contributed by atoms with Gasteiger partial charge in [-0.1, -0.05) is 6.92 Å². The van der Waals surface area contributed by atoms with Crippen LogP contribution in [0, 0.1) is 11.8 Å². The Hall–Kier alpha value is -0.0800. The average Bonchev–Trinajstić information content (AvgIpc) is 2.34. The lowest BCUT2D eigenvalue weighted by atomic mass is 9.98. The first-order valence-corrected chi connectivity index (χ1v) is 4.31. The molecule has 3 unspecified atom stereocenters. The molecule has 0 aromatic carbocycles. The number of hydrogen-bond acceptors (Lipinski definition) is 2. The van der Waals surface area contributed by atoms with E-state index in [0.717, 1.165) is 6.61 Å². The van der Waals surface area contributed by atoms with Crippen molar-refractivity contribution in [1.82, 2.24) is 0 Å². The Balaban J connectivity index is 2.35. The minimum absolute atomic E-state index is 0.468. The van der Waals surface area contributed by atoms with Crippen molar-refractivity contribution < 1.29 is 9.47 Å². The molecule has 0 N–H and O–H groups in total. The molecular weight excluding hydrogens is 140 g/mol. The van der Waals surface area contributed by atoms with E-state index in [1.54, 1.807) is 14.2 Å². The Labute approximate surface area is 68.9 Å². The molecule has 3 atom stereocenters. The fourth-order valence-corrected chi connectivity index (χ4v) is 1.99. The average molecular weight is 158 g/mol. The van der Waals surface area contributed by atoms with E-state index in [1.807, 2.05) is 0 Å². The summed E-state index contributed by atoms with van der Waals surface area (Å²) >= 11 is 0. The Morgan fingerprint density at radius 3 is 2.45 bits per heavy atom. The predicted octanol–water partition coefficient (Wildman–Crippen LogP) is 1.69. The van der Waals surface area contributed by atoms with Crippen LogP contribution in [0.2, 0.25) is 0 Å². The van der Waals surface area contributed by atoms with Gasteiger partial charge < -0.3 is 9.47 Å². The second-order valence-electron chi connectivity index (χ2n) is 3.43. The Morgan fingerprint density at radius 2 is 2.00 bits per heavy atom. The highest BCUT2D eigenvalue weighted by Crippen LogP contribution is 2.33. The highest BCUT2D eigenvalue weighted by atomic mass is 16.5. The van der Waals surface area contributed by atoms with Crippen LogP contribution < -0.4 is 0 Å². The van der Waals surface area contributed by atoms with E-state index in [-0.39, 0.29) is 0 Å². The summed E-state index contributed by atoms with van der Waals surface area (Å²) < 4.78 is 10.5. The molecule has 0 saturated heterocycles. The molecule has 0 heterocycles. The van der Waals surface area contributed by atoms with Crippen LogP contribution in [0.3, 0.4) is 0 Å². The Kier molecular flexibility index (Phi) is 3.34. The van der Waals surface area contributed by atoms with Gasteiger partial charge in [-0.25, -0.2) is 0 Å². The molecule has 11 heavy (non-hydrogen) atoms. The Morgan fingerprint density at radius 1 is 1.27 bits per heavy atom. The summed E-state index contributed by atoms with van der Waals surface area (Å²) in [6, 6.07) is 0. The summed E-state index contributed by atoms with van der Waals surface area (Å²) in [5.41, 5.74) is 0. The second kappa shape index (κ2) is 4.07. The predicted molar refractivity (Wildman–Crippen MR) is 44.6 cm³/mol. The lowest BCUT2D eigenvalue weighted by molar-refractivity contribution is 0.0530. The van der Waals surface area contributed by atoms with E-state index in [0.29, 0.717) is 17.9 Å². The number of ether oxygens (including phenoxy) is 2. The van der Waals surface area contributed by atoms with Gasteiger partial charge in [-0.3, -0.25) is 0 Å². The van der Waals surface area contributed by atoms with Gasteiger partial charge in [0.2, 0.25) is 0 Å². The Bertz CT molecular complexity index is 114. The van der Waals surface area contributed by atoms with E-state index in [9.17, 15) is 0 Å². The van der Waals surface area contributed by atoms with E-state index in [1.165, 1.54) is 12.8 Å². The highest BCUT2D eigenvalue weighted by Gasteiger charge is 2.32. The van der Waals surface area contributed by atoms with Crippen molar-refractivity contribution in [2.45, 2.75) is 25.9 Å². The molecule has 0 aromatic rings. The maximum Gasteiger partial charge on any atom is 0.0600 e. The highest BCUT2D eigenvalue weighted by molar-refractivity contribution is 4.82. The molecule has 1 fully saturated rings. The van der Waals surface area contributed by atoms with E-state index < -0.39 is 0 Å². The molecule has 1 rings (SSSR count). The van der Waals surface area contributed by atoms with Gasteiger partial charge >= 0.3 is 0 Å². The van der Waals surface area contributed by atoms with Crippen molar-refractivity contribution in [1.29, 1.82) is 0 Å². The molecule has 2 heteroatoms. The van der Waals surface area contributed by atoms with Crippen LogP contribution in [-0.2, 0) is 9.47 Å². The van der Waals surface area contributed by atoms with Crippen molar-refractivity contribution >= 4 is 0 Å². The van der Waals surface area contributed by atoms with Crippen LogP contribution in [-0.4, -0.2) is 26.9 Å². The molecule has 2 nitrogen and oxygen atoms in total. The topological polar surface area (TPSA) is 18.5 Å². The van der Waals surface area contributed by atoms with E-state index in [4.69, 9.17) is 9.47 Å². The van der Waals surface area contributed by atoms with Crippen LogP contribution >= 0.6 is 0 Å². The van der Waals surface area contributed by atoms with Gasteiger partial charge in [0.05, 0.1) is 6.10 Å². The van der Waals surface area contributed by atoms with Gasteiger partial charge in [0.1, 0.15) is 0 Å². The van der Waals surface area contributed by atoms with Crippen molar-refractivity contribution in [3.05, 3.63) is 0 Å². The van der Waals surface area contributed by atoms with Gasteiger partial charge in [0, 0.05) is 20.8 Å². The zero-order valence-electron chi connectivity index (χ0n) is 7.67. The van der Waals surface area contributed by atoms with Crippen LogP contribution in [0.25, 0.3) is 0 Å². The van der Waals surface area contributed by atoms with Gasteiger partial charge in [-0.2, -0.15) is 0 Å². The molecule has 1 aliphatic carbocycles. The van der Waals surface area contributed by atoms with Gasteiger partial charge in [0.15, 0.2) is 0 Å². The summed E-state index contributed by atoms with van der Waals surface area (Å²) in [6.07, 6.45) is 2.93. The van der Waals surface area contributed by atoms with Crippen LogP contribution in [0.15, 0.2) is 0 Å². The maximum atomic E-state index is 5.34. The number of hydrogen-bond donors (Lipinski definition) is 0. The molecule has 0 radical (unpaired) electrons. The minimum Gasteiger partial charge on any atom is -0.384 e. The molecule has 1 aliphatic rings. The second-order valence-corrected chi connectivity index (χ2v) is 3.43. The monoisotopic (exact) mass is 158 g/mol. The van der Waals surface area contributed by atoms with Crippen molar-refractivity contribution in [2.75, 3.05) is 20.8 Å². The van der Waals surface area contributed by atoms with Crippen molar-refractivity contribution in [3.8, 4) is 0 Å². The quantitative estimate of drug-likeness (QED) is 0.622. The summed E-state index contributed by atoms with van der Waals surface area (Å²) in [4.78, 5) is 0. The van der Waals surface area contributed by atoms with Crippen LogP contribution in [0.1, 0.15) is 19.8 Å². The van der Waals surface area contributed by atoms with E-state index >= 15 is 0 Å². The molecular formula is C9H18O2. The van der Waals surface area contributed by atoms with Crippen LogP contribution in [0.4, 0.5) is 0 Å². The first kappa shape index (κ1) is 9.01. The van der Waals surface area contributed by atoms with Gasteiger partial charge in [-0.15, -0.1) is 0 Å². The summed E-state index contributed by atoms with van der Waals surface area (Å²) in [6.45, 7) is 3.14. The third kappa shape index (κ3) is 1.94. The molecule has 0 aliphatic heterocycles. The normalized spacial score (nSPS) is 37.9. The molecule has 1 saturated carbocycles. The number of methoxy groups -OCH3 is 2. The third-order valence-electron chi connectivity index (χ3n) is 2.84. The lowest BCUT2D eigenvalue weighted by Crippen LogP contribution is -2.20. The maximum absolute atomic E-state index is 5.34. The standard InChI is InChI=1S/C9H18O2/c1-7-8(6-10-2)4-5-9(7)11-3/h7-9H,4-6H2,1-3H3. The third-order valence-corrected chi connectivity index (χ3v) is 2.84. The summed E-state index contributed by atoms with van der Waals surface area (Å²) in [5.74, 6) is 1.38. The molecule has 66 valence electrons. The van der Waals surface area contributed by atoms with E-state index in [2.05, 4.69) is 6.92 Å². The zero-order chi connectivity index (χ0) is 8.27.